The molecule has 154 valence electrons. The minimum Gasteiger partial charge on any atom is -0.391 e. The lowest BCUT2D eigenvalue weighted by molar-refractivity contribution is 0.0585. The maximum Gasteiger partial charge on any atom is 0.0948 e. The van der Waals surface area contributed by atoms with Crippen LogP contribution in [0.2, 0.25) is 0 Å². The minimum absolute atomic E-state index is 0.192. The third-order valence-electron chi connectivity index (χ3n) is 5.18. The molecule has 0 aliphatic heterocycles. The molecular weight excluding hydrogens is 354 g/mol. The van der Waals surface area contributed by atoms with E-state index < -0.39 is 11.6 Å². The lowest BCUT2D eigenvalue weighted by atomic mass is 9.76. The van der Waals surface area contributed by atoms with Crippen molar-refractivity contribution in [3.63, 3.8) is 0 Å². The quantitative estimate of drug-likeness (QED) is 0.507. The van der Waals surface area contributed by atoms with Gasteiger partial charge in [0.1, 0.15) is 0 Å². The van der Waals surface area contributed by atoms with Gasteiger partial charge in [0, 0.05) is 6.54 Å². The molecule has 0 aliphatic carbocycles. The Hall–Kier alpha value is -2.42. The Morgan fingerprint density at radius 2 is 0.966 bits per heavy atom. The number of benzene rings is 3. The zero-order valence-electron chi connectivity index (χ0n) is 18.4. The van der Waals surface area contributed by atoms with Crippen molar-refractivity contribution in [2.24, 2.45) is 5.41 Å². The maximum absolute atomic E-state index is 10.7. The Labute approximate surface area is 176 Å². The average molecular weight is 390 g/mol. The van der Waals surface area contributed by atoms with E-state index in [0.717, 1.165) is 16.7 Å². The Balaban J connectivity index is 0.00000145. The van der Waals surface area contributed by atoms with Gasteiger partial charge in [0.25, 0.3) is 0 Å². The third kappa shape index (κ3) is 5.35. The topological polar surface area (TPSA) is 32.3 Å². The number of hydrogen-bond donors (Lipinski definition) is 2. The molecule has 0 saturated heterocycles. The van der Waals surface area contributed by atoms with Crippen LogP contribution in [-0.4, -0.2) is 17.8 Å². The van der Waals surface area contributed by atoms with Crippen molar-refractivity contribution in [2.45, 2.75) is 46.3 Å². The molecule has 0 amide bonds. The summed E-state index contributed by atoms with van der Waals surface area (Å²) in [6.45, 7) is 10.7. The van der Waals surface area contributed by atoms with Crippen LogP contribution in [0.4, 0.5) is 0 Å². The molecule has 0 heterocycles. The van der Waals surface area contributed by atoms with Crippen LogP contribution in [0.5, 0.6) is 0 Å². The number of rotatable bonds is 6. The van der Waals surface area contributed by atoms with E-state index in [0.29, 0.717) is 6.54 Å². The van der Waals surface area contributed by atoms with Gasteiger partial charge in [0.2, 0.25) is 0 Å². The third-order valence-corrected chi connectivity index (χ3v) is 5.18. The lowest BCUT2D eigenvalue weighted by Gasteiger charge is -2.39. The first-order valence-electron chi connectivity index (χ1n) is 10.5. The molecule has 3 aromatic rings. The summed E-state index contributed by atoms with van der Waals surface area (Å²) in [5.74, 6) is 0. The van der Waals surface area contributed by atoms with E-state index >= 15 is 0 Å². The van der Waals surface area contributed by atoms with E-state index in [1.807, 2.05) is 32.0 Å². The van der Waals surface area contributed by atoms with Gasteiger partial charge in [-0.15, -0.1) is 0 Å². The molecule has 0 aromatic heterocycles. The van der Waals surface area contributed by atoms with E-state index in [1.54, 1.807) is 0 Å². The summed E-state index contributed by atoms with van der Waals surface area (Å²) >= 11 is 0. The number of aliphatic hydroxyl groups is 1. The summed E-state index contributed by atoms with van der Waals surface area (Å²) < 4.78 is 0. The van der Waals surface area contributed by atoms with Crippen molar-refractivity contribution in [3.8, 4) is 0 Å². The van der Waals surface area contributed by atoms with Crippen LogP contribution in [0.1, 0.15) is 51.3 Å². The molecule has 2 N–H and O–H groups in total. The van der Waals surface area contributed by atoms with Gasteiger partial charge in [-0.25, -0.2) is 0 Å². The summed E-state index contributed by atoms with van der Waals surface area (Å²) in [6, 6.07) is 31.4. The van der Waals surface area contributed by atoms with Crippen molar-refractivity contribution in [1.29, 1.82) is 0 Å². The fourth-order valence-corrected chi connectivity index (χ4v) is 3.43. The fraction of sp³-hybridized carbons (Fsp3) is 0.333. The molecule has 1 atom stereocenters. The highest BCUT2D eigenvalue weighted by molar-refractivity contribution is 5.49. The summed E-state index contributed by atoms with van der Waals surface area (Å²) in [6.07, 6.45) is -0.465. The molecule has 3 aromatic carbocycles. The van der Waals surface area contributed by atoms with Gasteiger partial charge in [-0.1, -0.05) is 126 Å². The van der Waals surface area contributed by atoms with E-state index in [1.165, 1.54) is 0 Å². The second-order valence-corrected chi connectivity index (χ2v) is 8.11. The largest absolute Gasteiger partial charge is 0.391 e. The van der Waals surface area contributed by atoms with E-state index in [9.17, 15) is 5.11 Å². The molecule has 0 bridgehead atoms. The standard InChI is InChI=1S/C25H29NO.C2H6/c1-24(2,3)23(27)19-26-25(20-13-7-4-8-14-20,21-15-9-5-10-16-21)22-17-11-6-12-18-22;1-2/h4-18,23,26-27H,19H2,1-3H3;1-2H3. The molecule has 1 unspecified atom stereocenters. The molecule has 2 heteroatoms. The summed E-state index contributed by atoms with van der Waals surface area (Å²) in [5, 5.41) is 14.5. The molecule has 0 radical (unpaired) electrons. The van der Waals surface area contributed by atoms with Crippen molar-refractivity contribution < 1.29 is 5.11 Å². The zero-order chi connectivity index (χ0) is 21.3. The van der Waals surface area contributed by atoms with Crippen molar-refractivity contribution in [1.82, 2.24) is 5.32 Å². The van der Waals surface area contributed by atoms with Crippen molar-refractivity contribution >= 4 is 0 Å². The second kappa shape index (κ2) is 10.4. The highest BCUT2D eigenvalue weighted by atomic mass is 16.3. The van der Waals surface area contributed by atoms with Crippen LogP contribution in [0.25, 0.3) is 0 Å². The lowest BCUT2D eigenvalue weighted by Crippen LogP contribution is -2.49. The van der Waals surface area contributed by atoms with Crippen LogP contribution in [-0.2, 0) is 5.54 Å². The second-order valence-electron chi connectivity index (χ2n) is 8.11. The van der Waals surface area contributed by atoms with Crippen LogP contribution < -0.4 is 5.32 Å². The van der Waals surface area contributed by atoms with Crippen LogP contribution in [0.3, 0.4) is 0 Å². The van der Waals surface area contributed by atoms with Crippen molar-refractivity contribution in [2.75, 3.05) is 6.54 Å². The van der Waals surface area contributed by atoms with Gasteiger partial charge in [-0.05, 0) is 22.1 Å². The van der Waals surface area contributed by atoms with Crippen LogP contribution in [0, 0.1) is 5.41 Å². The van der Waals surface area contributed by atoms with Crippen LogP contribution >= 0.6 is 0 Å². The smallest absolute Gasteiger partial charge is 0.0948 e. The Morgan fingerprint density at radius 3 is 1.24 bits per heavy atom. The Bertz CT molecular complexity index is 726. The highest BCUT2D eigenvalue weighted by Gasteiger charge is 2.37. The zero-order valence-corrected chi connectivity index (χ0v) is 18.4. The van der Waals surface area contributed by atoms with Gasteiger partial charge in [-0.2, -0.15) is 0 Å². The van der Waals surface area contributed by atoms with E-state index in [-0.39, 0.29) is 5.41 Å². The number of hydrogen-bond acceptors (Lipinski definition) is 2. The monoisotopic (exact) mass is 389 g/mol. The van der Waals surface area contributed by atoms with Crippen molar-refractivity contribution in [3.05, 3.63) is 108 Å². The van der Waals surface area contributed by atoms with Gasteiger partial charge < -0.3 is 5.11 Å². The van der Waals surface area contributed by atoms with Gasteiger partial charge in [0.05, 0.1) is 11.6 Å². The molecular formula is C27H35NO. The Morgan fingerprint density at radius 1 is 0.655 bits per heavy atom. The minimum atomic E-state index is -0.532. The van der Waals surface area contributed by atoms with Gasteiger partial charge in [0.15, 0.2) is 0 Å². The maximum atomic E-state index is 10.7. The van der Waals surface area contributed by atoms with Gasteiger partial charge in [-0.3, -0.25) is 5.32 Å². The first kappa shape index (κ1) is 22.9. The van der Waals surface area contributed by atoms with E-state index in [2.05, 4.69) is 98.9 Å². The Kier molecular flexibility index (Phi) is 8.19. The summed E-state index contributed by atoms with van der Waals surface area (Å²) in [4.78, 5) is 0. The predicted octanol–water partition coefficient (Wildman–Crippen LogP) is 6.00. The average Bonchev–Trinajstić information content (AvgIpc) is 2.77. The molecule has 0 fully saturated rings. The first-order valence-corrected chi connectivity index (χ1v) is 10.5. The molecule has 2 nitrogen and oxygen atoms in total. The van der Waals surface area contributed by atoms with Crippen LogP contribution in [0.15, 0.2) is 91.0 Å². The highest BCUT2D eigenvalue weighted by Crippen LogP contribution is 2.37. The summed E-state index contributed by atoms with van der Waals surface area (Å²) in [5.41, 5.74) is 2.74. The summed E-state index contributed by atoms with van der Waals surface area (Å²) in [7, 11) is 0. The molecule has 0 saturated carbocycles. The normalized spacial score (nSPS) is 12.6. The van der Waals surface area contributed by atoms with Gasteiger partial charge >= 0.3 is 0 Å². The molecule has 0 aliphatic rings. The fourth-order valence-electron chi connectivity index (χ4n) is 3.43. The predicted molar refractivity (Wildman–Crippen MR) is 124 cm³/mol. The molecule has 0 spiro atoms. The number of aliphatic hydroxyl groups excluding tert-OH is 1. The first-order chi connectivity index (χ1) is 13.9. The SMILES string of the molecule is CC.CC(C)(C)C(O)CNC(c1ccccc1)(c1ccccc1)c1ccccc1. The number of nitrogens with one attached hydrogen (secondary N) is 1. The molecule has 29 heavy (non-hydrogen) atoms. The molecule has 3 rings (SSSR count). The van der Waals surface area contributed by atoms with E-state index in [4.69, 9.17) is 0 Å².